The normalized spacial score (nSPS) is 16.4. The second kappa shape index (κ2) is 7.05. The summed E-state index contributed by atoms with van der Waals surface area (Å²) in [5, 5.41) is 1.77. The van der Waals surface area contributed by atoms with Gasteiger partial charge in [0.05, 0.1) is 12.1 Å². The molecule has 2 aromatic heterocycles. The van der Waals surface area contributed by atoms with Crippen LogP contribution in [0.2, 0.25) is 0 Å². The molecule has 2 aromatic carbocycles. The predicted molar refractivity (Wildman–Crippen MR) is 109 cm³/mol. The Kier molecular flexibility index (Phi) is 4.24. The number of aromatic nitrogens is 1. The minimum absolute atomic E-state index is 0.0492. The molecule has 3 heterocycles. The Morgan fingerprint density at radius 3 is 2.72 bits per heavy atom. The van der Waals surface area contributed by atoms with Crippen molar-refractivity contribution in [3.63, 3.8) is 0 Å². The summed E-state index contributed by atoms with van der Waals surface area (Å²) in [6, 6.07) is 20.4. The number of nitrogens with zero attached hydrogens (tertiary/aromatic N) is 2. The number of benzene rings is 2. The Labute approximate surface area is 166 Å². The molecule has 0 N–H and O–H groups in total. The van der Waals surface area contributed by atoms with Gasteiger partial charge in [-0.1, -0.05) is 36.4 Å². The predicted octanol–water partition coefficient (Wildman–Crippen LogP) is 3.63. The summed E-state index contributed by atoms with van der Waals surface area (Å²) in [5.74, 6) is 0.204. The molecule has 5 rings (SSSR count). The maximum Gasteiger partial charge on any atom is 0.349 e. The highest BCUT2D eigenvalue weighted by molar-refractivity contribution is 5.96. The van der Waals surface area contributed by atoms with E-state index in [0.717, 1.165) is 16.3 Å². The van der Waals surface area contributed by atoms with Crippen LogP contribution in [0, 0.1) is 0 Å². The lowest BCUT2D eigenvalue weighted by molar-refractivity contribution is 0.0767. The number of likely N-dealkylation sites (tertiary alicyclic amines) is 1. The van der Waals surface area contributed by atoms with Gasteiger partial charge in [0.25, 0.3) is 5.91 Å². The summed E-state index contributed by atoms with van der Waals surface area (Å²) in [6.45, 7) is 0.920. The van der Waals surface area contributed by atoms with E-state index in [1.54, 1.807) is 23.1 Å². The van der Waals surface area contributed by atoms with E-state index < -0.39 is 5.63 Å². The number of pyridine rings is 1. The van der Waals surface area contributed by atoms with Crippen LogP contribution in [0.1, 0.15) is 16.8 Å². The second-order valence-electron chi connectivity index (χ2n) is 7.11. The molecule has 0 spiro atoms. The third kappa shape index (κ3) is 3.33. The van der Waals surface area contributed by atoms with E-state index in [2.05, 4.69) is 4.98 Å². The maximum atomic E-state index is 12.9. The number of carbonyl (C=O) groups excluding carboxylic acids is 1. The van der Waals surface area contributed by atoms with Crippen LogP contribution in [0.5, 0.6) is 5.88 Å². The quantitative estimate of drug-likeness (QED) is 0.503. The van der Waals surface area contributed by atoms with Gasteiger partial charge in [-0.2, -0.15) is 0 Å². The van der Waals surface area contributed by atoms with Crippen LogP contribution < -0.4 is 10.4 Å². The van der Waals surface area contributed by atoms with Gasteiger partial charge in [-0.3, -0.25) is 4.79 Å². The fourth-order valence-electron chi connectivity index (χ4n) is 3.67. The molecule has 0 bridgehead atoms. The minimum atomic E-state index is -0.616. The zero-order chi connectivity index (χ0) is 19.8. The summed E-state index contributed by atoms with van der Waals surface area (Å²) in [5.41, 5.74) is 0.770. The first-order valence-corrected chi connectivity index (χ1v) is 9.52. The smallest absolute Gasteiger partial charge is 0.349 e. The van der Waals surface area contributed by atoms with Crippen LogP contribution in [-0.2, 0) is 0 Å². The lowest BCUT2D eigenvalue weighted by Crippen LogP contribution is -2.33. The van der Waals surface area contributed by atoms with Crippen molar-refractivity contribution < 1.29 is 13.9 Å². The average Bonchev–Trinajstić information content (AvgIpc) is 3.21. The zero-order valence-electron chi connectivity index (χ0n) is 15.6. The van der Waals surface area contributed by atoms with Crippen molar-refractivity contribution in [2.45, 2.75) is 12.5 Å². The van der Waals surface area contributed by atoms with E-state index in [1.165, 1.54) is 0 Å². The number of para-hydroxylation sites is 2. The van der Waals surface area contributed by atoms with Gasteiger partial charge < -0.3 is 14.1 Å². The highest BCUT2D eigenvalue weighted by Crippen LogP contribution is 2.22. The molecule has 1 aliphatic rings. The van der Waals surface area contributed by atoms with Crippen molar-refractivity contribution in [1.29, 1.82) is 0 Å². The summed E-state index contributed by atoms with van der Waals surface area (Å²) in [6.07, 6.45) is 0.513. The van der Waals surface area contributed by atoms with Crippen molar-refractivity contribution in [2.24, 2.45) is 0 Å². The van der Waals surface area contributed by atoms with Crippen LogP contribution in [-0.4, -0.2) is 35.0 Å². The number of amides is 1. The molecule has 0 radical (unpaired) electrons. The second-order valence-corrected chi connectivity index (χ2v) is 7.11. The number of hydrogen-bond donors (Lipinski definition) is 0. The van der Waals surface area contributed by atoms with E-state index in [4.69, 9.17) is 9.15 Å². The third-order valence-corrected chi connectivity index (χ3v) is 5.16. The molecule has 0 aliphatic carbocycles. The fourth-order valence-corrected chi connectivity index (χ4v) is 3.67. The summed E-state index contributed by atoms with van der Waals surface area (Å²) in [4.78, 5) is 31.3. The van der Waals surface area contributed by atoms with Crippen molar-refractivity contribution in [3.8, 4) is 5.88 Å². The first kappa shape index (κ1) is 17.4. The molecule has 1 amide bonds. The molecule has 1 saturated heterocycles. The van der Waals surface area contributed by atoms with Gasteiger partial charge in [0.1, 0.15) is 17.3 Å². The number of fused-ring (bicyclic) bond motifs is 2. The Morgan fingerprint density at radius 1 is 1.03 bits per heavy atom. The Balaban J connectivity index is 1.33. The molecule has 6 heteroatoms. The van der Waals surface area contributed by atoms with Gasteiger partial charge >= 0.3 is 5.63 Å². The summed E-state index contributed by atoms with van der Waals surface area (Å²) >= 11 is 0. The monoisotopic (exact) mass is 386 g/mol. The molecule has 29 heavy (non-hydrogen) atoms. The Hall–Kier alpha value is -3.67. The number of hydrogen-bond acceptors (Lipinski definition) is 5. The lowest BCUT2D eigenvalue weighted by atomic mass is 10.1. The molecule has 6 nitrogen and oxygen atoms in total. The Bertz CT molecular complexity index is 1280. The molecule has 1 fully saturated rings. The van der Waals surface area contributed by atoms with E-state index in [1.807, 2.05) is 48.5 Å². The molecule has 4 aromatic rings. The van der Waals surface area contributed by atoms with Gasteiger partial charge in [-0.05, 0) is 24.3 Å². The van der Waals surface area contributed by atoms with Crippen LogP contribution in [0.3, 0.4) is 0 Å². The van der Waals surface area contributed by atoms with Crippen molar-refractivity contribution in [2.75, 3.05) is 13.1 Å². The standard InChI is InChI=1S/C23H18N2O4/c26-22(18-13-16-6-2-4-8-20(16)29-23(18)27)25-12-11-17(14-25)28-21-10-9-15-5-1-3-7-19(15)24-21/h1-10,13,17H,11-12,14H2. The topological polar surface area (TPSA) is 72.6 Å². The van der Waals surface area contributed by atoms with Gasteiger partial charge in [0.2, 0.25) is 5.88 Å². The molecular formula is C23H18N2O4. The van der Waals surface area contributed by atoms with Crippen molar-refractivity contribution >= 4 is 27.8 Å². The number of rotatable bonds is 3. The highest BCUT2D eigenvalue weighted by atomic mass is 16.5. The SMILES string of the molecule is O=C(c1cc2ccccc2oc1=O)N1CCC(Oc2ccc3ccccc3n2)C1. The third-order valence-electron chi connectivity index (χ3n) is 5.16. The lowest BCUT2D eigenvalue weighted by Gasteiger charge is -2.17. The first-order valence-electron chi connectivity index (χ1n) is 9.52. The van der Waals surface area contributed by atoms with Crippen LogP contribution in [0.15, 0.2) is 75.9 Å². The number of carbonyl (C=O) groups is 1. The Morgan fingerprint density at radius 2 is 1.83 bits per heavy atom. The zero-order valence-corrected chi connectivity index (χ0v) is 15.6. The number of ether oxygens (including phenoxy) is 1. The van der Waals surface area contributed by atoms with E-state index in [0.29, 0.717) is 31.0 Å². The van der Waals surface area contributed by atoms with Gasteiger partial charge in [-0.15, -0.1) is 0 Å². The molecular weight excluding hydrogens is 368 g/mol. The molecule has 1 aliphatic heterocycles. The van der Waals surface area contributed by atoms with Gasteiger partial charge in [-0.25, -0.2) is 9.78 Å². The van der Waals surface area contributed by atoms with Crippen LogP contribution >= 0.6 is 0 Å². The van der Waals surface area contributed by atoms with Crippen LogP contribution in [0.25, 0.3) is 21.9 Å². The van der Waals surface area contributed by atoms with Crippen LogP contribution in [0.4, 0.5) is 0 Å². The highest BCUT2D eigenvalue weighted by Gasteiger charge is 2.30. The van der Waals surface area contributed by atoms with E-state index in [9.17, 15) is 9.59 Å². The minimum Gasteiger partial charge on any atom is -0.472 e. The van der Waals surface area contributed by atoms with E-state index in [-0.39, 0.29) is 17.6 Å². The van der Waals surface area contributed by atoms with Gasteiger partial charge in [0.15, 0.2) is 0 Å². The first-order chi connectivity index (χ1) is 14.2. The van der Waals surface area contributed by atoms with E-state index >= 15 is 0 Å². The fraction of sp³-hybridized carbons (Fsp3) is 0.174. The average molecular weight is 386 g/mol. The maximum absolute atomic E-state index is 12.9. The van der Waals surface area contributed by atoms with Crippen molar-refractivity contribution in [1.82, 2.24) is 9.88 Å². The molecule has 1 atom stereocenters. The molecule has 1 unspecified atom stereocenters. The largest absolute Gasteiger partial charge is 0.472 e. The van der Waals surface area contributed by atoms with Gasteiger partial charge in [0, 0.05) is 29.8 Å². The summed E-state index contributed by atoms with van der Waals surface area (Å²) in [7, 11) is 0. The molecule has 0 saturated carbocycles. The summed E-state index contributed by atoms with van der Waals surface area (Å²) < 4.78 is 11.3. The van der Waals surface area contributed by atoms with Crippen molar-refractivity contribution in [3.05, 3.63) is 82.7 Å². The molecule has 144 valence electrons.